The molecule has 1 atom stereocenters. The second kappa shape index (κ2) is 6.22. The number of benzene rings is 2. The number of phenolic OH excluding ortho intramolecular Hbond substituents is 1. The molecule has 0 spiro atoms. The van der Waals surface area contributed by atoms with Crippen LogP contribution in [0.2, 0.25) is 0 Å². The maximum absolute atomic E-state index is 12.7. The number of hydrogen-bond acceptors (Lipinski definition) is 4. The van der Waals surface area contributed by atoms with Crippen LogP contribution in [0.4, 0.5) is 5.69 Å². The molecule has 1 fully saturated rings. The van der Waals surface area contributed by atoms with Crippen LogP contribution in [-0.2, 0) is 10.0 Å². The van der Waals surface area contributed by atoms with Crippen LogP contribution in [0.5, 0.6) is 5.75 Å². The van der Waals surface area contributed by atoms with E-state index in [4.69, 9.17) is 0 Å². The molecule has 0 radical (unpaired) electrons. The normalized spacial score (nSPS) is 19.7. The lowest BCUT2D eigenvalue weighted by Gasteiger charge is -2.40. The van der Waals surface area contributed by atoms with Crippen LogP contribution < -0.4 is 4.90 Å². The summed E-state index contributed by atoms with van der Waals surface area (Å²) in [6.45, 7) is 3.53. The van der Waals surface area contributed by atoms with Crippen molar-refractivity contribution in [2.45, 2.75) is 17.9 Å². The molecule has 0 aromatic heterocycles. The first-order valence-electron chi connectivity index (χ1n) is 7.59. The second-order valence-electron chi connectivity index (χ2n) is 5.73. The number of piperazine rings is 1. The zero-order chi connectivity index (χ0) is 16.4. The van der Waals surface area contributed by atoms with Crippen molar-refractivity contribution < 1.29 is 13.5 Å². The molecule has 3 rings (SSSR count). The molecule has 23 heavy (non-hydrogen) atoms. The van der Waals surface area contributed by atoms with Crippen LogP contribution in [0.15, 0.2) is 59.5 Å². The predicted molar refractivity (Wildman–Crippen MR) is 90.1 cm³/mol. The Bertz CT molecular complexity index is 760. The van der Waals surface area contributed by atoms with Gasteiger partial charge >= 0.3 is 0 Å². The summed E-state index contributed by atoms with van der Waals surface area (Å²) in [5.41, 5.74) is 0.993. The van der Waals surface area contributed by atoms with E-state index in [9.17, 15) is 13.5 Å². The zero-order valence-electron chi connectivity index (χ0n) is 13.0. The Morgan fingerprint density at radius 3 is 2.26 bits per heavy atom. The maximum Gasteiger partial charge on any atom is 0.243 e. The van der Waals surface area contributed by atoms with Crippen LogP contribution in [0, 0.1) is 0 Å². The van der Waals surface area contributed by atoms with Gasteiger partial charge in [0.2, 0.25) is 10.0 Å². The van der Waals surface area contributed by atoms with E-state index in [-0.39, 0.29) is 11.8 Å². The molecular formula is C17H20N2O3S. The van der Waals surface area contributed by atoms with Gasteiger partial charge in [-0.05, 0) is 43.3 Å². The van der Waals surface area contributed by atoms with E-state index in [2.05, 4.69) is 4.90 Å². The van der Waals surface area contributed by atoms with Gasteiger partial charge in [-0.25, -0.2) is 8.42 Å². The highest BCUT2D eigenvalue weighted by Gasteiger charge is 2.32. The van der Waals surface area contributed by atoms with Crippen molar-refractivity contribution in [3.63, 3.8) is 0 Å². The molecule has 5 nitrogen and oxygen atoms in total. The van der Waals surface area contributed by atoms with Crippen LogP contribution in [0.1, 0.15) is 6.92 Å². The Balaban J connectivity index is 1.77. The Labute approximate surface area is 136 Å². The summed E-state index contributed by atoms with van der Waals surface area (Å²) in [5.74, 6) is 0.228. The third-order valence-electron chi connectivity index (χ3n) is 4.15. The molecule has 1 N–H and O–H groups in total. The van der Waals surface area contributed by atoms with Gasteiger partial charge in [-0.2, -0.15) is 4.31 Å². The average Bonchev–Trinajstić information content (AvgIpc) is 2.56. The summed E-state index contributed by atoms with van der Waals surface area (Å²) < 4.78 is 26.9. The van der Waals surface area contributed by atoms with Gasteiger partial charge < -0.3 is 10.0 Å². The Morgan fingerprint density at radius 2 is 1.65 bits per heavy atom. The van der Waals surface area contributed by atoms with E-state index in [1.807, 2.05) is 25.1 Å². The molecule has 2 aromatic rings. The number of sulfonamides is 1. The first kappa shape index (κ1) is 15.8. The van der Waals surface area contributed by atoms with Gasteiger partial charge in [0.15, 0.2) is 0 Å². The molecule has 0 unspecified atom stereocenters. The summed E-state index contributed by atoms with van der Waals surface area (Å²) in [6.07, 6.45) is 0. The number of nitrogens with zero attached hydrogens (tertiary/aromatic N) is 2. The minimum atomic E-state index is -3.44. The van der Waals surface area contributed by atoms with Crippen molar-refractivity contribution >= 4 is 15.7 Å². The molecule has 2 aromatic carbocycles. The molecule has 1 saturated heterocycles. The van der Waals surface area contributed by atoms with Crippen LogP contribution >= 0.6 is 0 Å². The van der Waals surface area contributed by atoms with Crippen LogP contribution in [0.25, 0.3) is 0 Å². The zero-order valence-corrected chi connectivity index (χ0v) is 13.8. The SMILES string of the molecule is C[C@H]1CN(S(=O)(=O)c2ccccc2)CCN1c1ccc(O)cc1. The third-order valence-corrected chi connectivity index (χ3v) is 6.03. The standard InChI is InChI=1S/C17H20N2O3S/c1-14-13-18(23(21,22)17-5-3-2-4-6-17)11-12-19(14)15-7-9-16(20)10-8-15/h2-10,14,20H,11-13H2,1H3/t14-/m0/s1. The monoisotopic (exact) mass is 332 g/mol. The number of rotatable bonds is 3. The number of hydrogen-bond donors (Lipinski definition) is 1. The number of anilines is 1. The Kier molecular flexibility index (Phi) is 4.28. The lowest BCUT2D eigenvalue weighted by molar-refractivity contribution is 0.342. The molecule has 0 bridgehead atoms. The highest BCUT2D eigenvalue weighted by atomic mass is 32.2. The Morgan fingerprint density at radius 1 is 1.00 bits per heavy atom. The lowest BCUT2D eigenvalue weighted by atomic mass is 10.2. The molecule has 122 valence electrons. The molecule has 1 heterocycles. The van der Waals surface area contributed by atoms with Crippen molar-refractivity contribution in [3.8, 4) is 5.75 Å². The molecule has 1 aliphatic heterocycles. The molecule has 0 aliphatic carbocycles. The minimum Gasteiger partial charge on any atom is -0.508 e. The summed E-state index contributed by atoms with van der Waals surface area (Å²) in [4.78, 5) is 2.50. The van der Waals surface area contributed by atoms with Gasteiger partial charge in [-0.1, -0.05) is 18.2 Å². The summed E-state index contributed by atoms with van der Waals surface area (Å²) in [5, 5.41) is 9.39. The fourth-order valence-corrected chi connectivity index (χ4v) is 4.44. The van der Waals surface area contributed by atoms with Crippen molar-refractivity contribution in [2.75, 3.05) is 24.5 Å². The Hall–Kier alpha value is -2.05. The highest BCUT2D eigenvalue weighted by molar-refractivity contribution is 7.89. The van der Waals surface area contributed by atoms with Gasteiger partial charge in [-0.3, -0.25) is 0 Å². The molecular weight excluding hydrogens is 312 g/mol. The molecule has 0 saturated carbocycles. The summed E-state index contributed by atoms with van der Waals surface area (Å²) in [7, 11) is -3.44. The van der Waals surface area contributed by atoms with Crippen molar-refractivity contribution in [1.29, 1.82) is 0 Å². The van der Waals surface area contributed by atoms with Gasteiger partial charge in [0.05, 0.1) is 4.90 Å². The number of aromatic hydroxyl groups is 1. The third kappa shape index (κ3) is 3.18. The van der Waals surface area contributed by atoms with E-state index >= 15 is 0 Å². The maximum atomic E-state index is 12.7. The van der Waals surface area contributed by atoms with E-state index < -0.39 is 10.0 Å². The number of phenols is 1. The highest BCUT2D eigenvalue weighted by Crippen LogP contribution is 2.25. The van der Waals surface area contributed by atoms with Gasteiger partial charge in [0.25, 0.3) is 0 Å². The van der Waals surface area contributed by atoms with Crippen molar-refractivity contribution in [3.05, 3.63) is 54.6 Å². The first-order chi connectivity index (χ1) is 11.0. The van der Waals surface area contributed by atoms with E-state index in [1.165, 1.54) is 0 Å². The van der Waals surface area contributed by atoms with Crippen LogP contribution in [0.3, 0.4) is 0 Å². The van der Waals surface area contributed by atoms with Crippen molar-refractivity contribution in [1.82, 2.24) is 4.31 Å². The fourth-order valence-electron chi connectivity index (χ4n) is 2.91. The van der Waals surface area contributed by atoms with E-state index in [1.54, 1.807) is 40.7 Å². The quantitative estimate of drug-likeness (QED) is 0.937. The lowest BCUT2D eigenvalue weighted by Crippen LogP contribution is -2.53. The molecule has 1 aliphatic rings. The van der Waals surface area contributed by atoms with Gasteiger partial charge in [0, 0.05) is 31.4 Å². The molecule has 6 heteroatoms. The summed E-state index contributed by atoms with van der Waals surface area (Å²) in [6, 6.07) is 15.6. The van der Waals surface area contributed by atoms with Crippen LogP contribution in [-0.4, -0.2) is 43.5 Å². The van der Waals surface area contributed by atoms with E-state index in [0.29, 0.717) is 24.5 Å². The van der Waals surface area contributed by atoms with E-state index in [0.717, 1.165) is 5.69 Å². The van der Waals surface area contributed by atoms with Gasteiger partial charge in [0.1, 0.15) is 5.75 Å². The largest absolute Gasteiger partial charge is 0.508 e. The second-order valence-corrected chi connectivity index (χ2v) is 7.67. The average molecular weight is 332 g/mol. The van der Waals surface area contributed by atoms with Gasteiger partial charge in [-0.15, -0.1) is 0 Å². The molecule has 0 amide bonds. The summed E-state index contributed by atoms with van der Waals surface area (Å²) >= 11 is 0. The van der Waals surface area contributed by atoms with Crippen molar-refractivity contribution in [2.24, 2.45) is 0 Å². The fraction of sp³-hybridized carbons (Fsp3) is 0.294. The predicted octanol–water partition coefficient (Wildman–Crippen LogP) is 2.29. The minimum absolute atomic E-state index is 0.0618. The first-order valence-corrected chi connectivity index (χ1v) is 9.03. The smallest absolute Gasteiger partial charge is 0.243 e. The topological polar surface area (TPSA) is 60.9 Å².